The Morgan fingerprint density at radius 3 is 1.29 bits per heavy atom. The Bertz CT molecular complexity index is 561. The minimum atomic E-state index is -0.119. The Hall–Kier alpha value is -0.660. The highest BCUT2D eigenvalue weighted by molar-refractivity contribution is 5.93. The van der Waals surface area contributed by atoms with Crippen LogP contribution in [-0.2, 0) is 9.59 Å². The molecule has 0 spiro atoms. The Kier molecular flexibility index (Phi) is 3.18. The highest BCUT2D eigenvalue weighted by Crippen LogP contribution is 2.69. The fourth-order valence-corrected chi connectivity index (χ4v) is 7.57. The molecule has 0 saturated heterocycles. The molecule has 0 radical (unpaired) electrons. The van der Waals surface area contributed by atoms with Crippen LogP contribution in [0.25, 0.3) is 0 Å². The molecule has 0 aliphatic heterocycles. The van der Waals surface area contributed by atoms with Crippen molar-refractivity contribution in [2.45, 2.75) is 80.1 Å². The van der Waals surface area contributed by atoms with Gasteiger partial charge in [-0.25, -0.2) is 0 Å². The van der Waals surface area contributed by atoms with E-state index in [1.54, 1.807) is 0 Å². The van der Waals surface area contributed by atoms with Crippen molar-refractivity contribution in [1.29, 1.82) is 0 Å². The molecule has 4 bridgehead atoms. The highest BCUT2D eigenvalue weighted by Gasteiger charge is 2.68. The van der Waals surface area contributed by atoms with Gasteiger partial charge in [0.25, 0.3) is 0 Å². The van der Waals surface area contributed by atoms with Crippen LogP contribution in [-0.4, -0.2) is 11.6 Å². The van der Waals surface area contributed by atoms with Crippen LogP contribution in [0.15, 0.2) is 0 Å². The third-order valence-electron chi connectivity index (χ3n) is 10.1. The molecule has 4 saturated carbocycles. The molecule has 2 heteroatoms. The van der Waals surface area contributed by atoms with E-state index in [9.17, 15) is 9.59 Å². The first-order valence-corrected chi connectivity index (χ1v) is 10.1. The van der Waals surface area contributed by atoms with Gasteiger partial charge in [-0.1, -0.05) is 41.5 Å². The van der Waals surface area contributed by atoms with Gasteiger partial charge in [-0.05, 0) is 61.2 Å². The quantitative estimate of drug-likeness (QED) is 0.725. The first-order valence-electron chi connectivity index (χ1n) is 10.1. The van der Waals surface area contributed by atoms with Crippen molar-refractivity contribution in [2.75, 3.05) is 0 Å². The first kappa shape index (κ1) is 16.8. The van der Waals surface area contributed by atoms with E-state index in [0.29, 0.717) is 23.4 Å². The zero-order chi connectivity index (χ0) is 17.7. The van der Waals surface area contributed by atoms with Crippen LogP contribution in [0.2, 0.25) is 0 Å². The highest BCUT2D eigenvalue weighted by atomic mass is 16.1. The summed E-state index contributed by atoms with van der Waals surface area (Å²) in [6, 6.07) is 0. The predicted molar refractivity (Wildman–Crippen MR) is 95.5 cm³/mol. The van der Waals surface area contributed by atoms with Gasteiger partial charge in [-0.2, -0.15) is 0 Å². The van der Waals surface area contributed by atoms with Crippen molar-refractivity contribution >= 4 is 11.6 Å². The fraction of sp³-hybridized carbons (Fsp3) is 0.909. The minimum Gasteiger partial charge on any atom is -0.299 e. The van der Waals surface area contributed by atoms with Crippen molar-refractivity contribution in [3.8, 4) is 0 Å². The third kappa shape index (κ3) is 1.60. The molecule has 4 aliphatic rings. The fourth-order valence-electron chi connectivity index (χ4n) is 7.57. The van der Waals surface area contributed by atoms with E-state index in [0.717, 1.165) is 25.7 Å². The molecule has 0 aromatic rings. The van der Waals surface area contributed by atoms with E-state index in [1.165, 1.54) is 12.8 Å². The van der Waals surface area contributed by atoms with Crippen LogP contribution in [0.5, 0.6) is 0 Å². The Labute approximate surface area is 147 Å². The number of hydrogen-bond acceptors (Lipinski definition) is 2. The Morgan fingerprint density at radius 2 is 1.04 bits per heavy atom. The second kappa shape index (κ2) is 4.54. The van der Waals surface area contributed by atoms with E-state index in [2.05, 4.69) is 41.5 Å². The van der Waals surface area contributed by atoms with Crippen LogP contribution < -0.4 is 0 Å². The smallest absolute Gasteiger partial charge is 0.142 e. The molecule has 24 heavy (non-hydrogen) atoms. The summed E-state index contributed by atoms with van der Waals surface area (Å²) in [6.45, 7) is 13.6. The maximum absolute atomic E-state index is 13.1. The Balaban J connectivity index is 1.52. The topological polar surface area (TPSA) is 34.1 Å². The largest absolute Gasteiger partial charge is 0.299 e. The molecule has 0 N–H and O–H groups in total. The van der Waals surface area contributed by atoms with Gasteiger partial charge in [0.15, 0.2) is 0 Å². The summed E-state index contributed by atoms with van der Waals surface area (Å²) in [6.07, 6.45) is 6.42. The van der Waals surface area contributed by atoms with Gasteiger partial charge in [0, 0.05) is 22.7 Å². The van der Waals surface area contributed by atoms with Crippen LogP contribution in [0.3, 0.4) is 0 Å². The maximum atomic E-state index is 13.1. The zero-order valence-corrected chi connectivity index (χ0v) is 16.4. The summed E-state index contributed by atoms with van der Waals surface area (Å²) in [5.74, 6) is 2.50. The summed E-state index contributed by atoms with van der Waals surface area (Å²) < 4.78 is 0. The summed E-state index contributed by atoms with van der Waals surface area (Å²) >= 11 is 0. The van der Waals surface area contributed by atoms with Gasteiger partial charge in [0.05, 0.1) is 0 Å². The second-order valence-corrected chi connectivity index (χ2v) is 10.9. The van der Waals surface area contributed by atoms with E-state index >= 15 is 0 Å². The molecule has 0 unspecified atom stereocenters. The molecule has 2 nitrogen and oxygen atoms in total. The van der Waals surface area contributed by atoms with Crippen LogP contribution in [0.4, 0.5) is 0 Å². The van der Waals surface area contributed by atoms with Gasteiger partial charge >= 0.3 is 0 Å². The normalized spacial score (nSPS) is 50.9. The van der Waals surface area contributed by atoms with Crippen molar-refractivity contribution in [3.63, 3.8) is 0 Å². The number of hydrogen-bond donors (Lipinski definition) is 0. The van der Waals surface area contributed by atoms with Crippen molar-refractivity contribution in [1.82, 2.24) is 0 Å². The molecule has 6 atom stereocenters. The molecule has 0 aromatic heterocycles. The molecule has 134 valence electrons. The van der Waals surface area contributed by atoms with Crippen molar-refractivity contribution in [3.05, 3.63) is 0 Å². The SMILES string of the molecule is CC1(C)[C@@H]2CC[C@]1(C)C(=O)[C@H]2CC[C@@H]1C(=O)[C@@]2(C)CC[C@@H]1C2(C)C. The monoisotopic (exact) mass is 330 g/mol. The average molecular weight is 331 g/mol. The van der Waals surface area contributed by atoms with E-state index in [4.69, 9.17) is 0 Å². The zero-order valence-electron chi connectivity index (χ0n) is 16.4. The van der Waals surface area contributed by atoms with Gasteiger partial charge in [0.2, 0.25) is 0 Å². The molecule has 4 fully saturated rings. The molecule has 0 amide bonds. The summed E-state index contributed by atoms with van der Waals surface area (Å²) in [4.78, 5) is 26.1. The molecule has 4 aliphatic carbocycles. The summed E-state index contributed by atoms with van der Waals surface area (Å²) in [5.41, 5.74) is 0.0376. The van der Waals surface area contributed by atoms with Gasteiger partial charge in [-0.15, -0.1) is 0 Å². The lowest BCUT2D eigenvalue weighted by Gasteiger charge is -2.32. The average Bonchev–Trinajstić information content (AvgIpc) is 2.97. The standard InChI is InChI=1S/C22H34O2/c1-19(2)15-9-11-21(19,5)17(23)13(15)7-8-14-16-10-12-22(6,18(14)24)20(16,3)4/h13-16H,7-12H2,1-6H3/t13-,14-,15-,16+,21+,22+/m0/s1. The van der Waals surface area contributed by atoms with Gasteiger partial charge in [0.1, 0.15) is 11.6 Å². The summed E-state index contributed by atoms with van der Waals surface area (Å²) in [5, 5.41) is 0. The molecule has 0 aromatic carbocycles. The number of carbonyl (C=O) groups is 2. The van der Waals surface area contributed by atoms with E-state index < -0.39 is 0 Å². The van der Waals surface area contributed by atoms with Crippen molar-refractivity contribution in [2.24, 2.45) is 45.3 Å². The minimum absolute atomic E-state index is 0.119. The van der Waals surface area contributed by atoms with E-state index in [-0.39, 0.29) is 33.5 Å². The van der Waals surface area contributed by atoms with Gasteiger partial charge < -0.3 is 0 Å². The van der Waals surface area contributed by atoms with Crippen molar-refractivity contribution < 1.29 is 9.59 Å². The maximum Gasteiger partial charge on any atom is 0.142 e. The molecular weight excluding hydrogens is 296 g/mol. The van der Waals surface area contributed by atoms with Crippen LogP contribution in [0, 0.1) is 45.3 Å². The lowest BCUT2D eigenvalue weighted by molar-refractivity contribution is -0.134. The van der Waals surface area contributed by atoms with Crippen LogP contribution in [0.1, 0.15) is 80.1 Å². The third-order valence-corrected chi connectivity index (χ3v) is 10.1. The number of fused-ring (bicyclic) bond motifs is 4. The summed E-state index contributed by atoms with van der Waals surface area (Å²) in [7, 11) is 0. The van der Waals surface area contributed by atoms with E-state index in [1.807, 2.05) is 0 Å². The second-order valence-electron chi connectivity index (χ2n) is 10.9. The lowest BCUT2D eigenvalue weighted by atomic mass is 9.70. The molecular formula is C22H34O2. The van der Waals surface area contributed by atoms with Gasteiger partial charge in [-0.3, -0.25) is 9.59 Å². The predicted octanol–water partition coefficient (Wildman–Crippen LogP) is 5.05. The number of Topliss-reactive ketones (excluding diaryl/α,β-unsaturated/α-hetero) is 2. The number of rotatable bonds is 3. The number of carbonyl (C=O) groups excluding carboxylic acids is 2. The van der Waals surface area contributed by atoms with Crippen LogP contribution >= 0.6 is 0 Å². The molecule has 0 heterocycles. The lowest BCUT2D eigenvalue weighted by Crippen LogP contribution is -2.34. The number of ketones is 2. The first-order chi connectivity index (χ1) is 11.0. The Morgan fingerprint density at radius 1 is 0.708 bits per heavy atom. The molecule has 4 rings (SSSR count).